The van der Waals surface area contributed by atoms with Crippen molar-refractivity contribution in [2.24, 2.45) is 0 Å². The van der Waals surface area contributed by atoms with Crippen molar-refractivity contribution in [1.29, 1.82) is 0 Å². The van der Waals surface area contributed by atoms with Crippen molar-refractivity contribution in [3.63, 3.8) is 0 Å². The van der Waals surface area contributed by atoms with Gasteiger partial charge in [-0.1, -0.05) is 6.07 Å². The van der Waals surface area contributed by atoms with Crippen LogP contribution in [-0.2, 0) is 18.5 Å². The fourth-order valence-electron chi connectivity index (χ4n) is 1.71. The molecule has 1 aliphatic heterocycles. The van der Waals surface area contributed by atoms with E-state index in [-0.39, 0.29) is 31.3 Å². The highest BCUT2D eigenvalue weighted by molar-refractivity contribution is 7.99. The van der Waals surface area contributed by atoms with E-state index in [1.807, 2.05) is 12.1 Å². The van der Waals surface area contributed by atoms with Crippen LogP contribution in [0.15, 0.2) is 24.4 Å². The molecule has 2 amide bonds. The standard InChI is InChI=1S/C12H14N2O3S2/c15-10-4-5-11(16)14(10)17-8-6-12(18,19)9-3-1-2-7-13-9/h1-3,7,18-19H,4-6,8H2. The van der Waals surface area contributed by atoms with E-state index >= 15 is 0 Å². The summed E-state index contributed by atoms with van der Waals surface area (Å²) in [6.45, 7) is 0.168. The smallest absolute Gasteiger partial charge is 0.253 e. The molecule has 2 heterocycles. The molecule has 19 heavy (non-hydrogen) atoms. The van der Waals surface area contributed by atoms with Gasteiger partial charge in [0, 0.05) is 25.5 Å². The average molecular weight is 298 g/mol. The Hall–Kier alpha value is -1.05. The minimum atomic E-state index is -0.771. The van der Waals surface area contributed by atoms with Gasteiger partial charge in [0.1, 0.15) is 0 Å². The Labute approximate surface area is 122 Å². The molecule has 0 aliphatic carbocycles. The van der Waals surface area contributed by atoms with Crippen molar-refractivity contribution >= 4 is 37.1 Å². The van der Waals surface area contributed by atoms with E-state index in [0.717, 1.165) is 5.06 Å². The second kappa shape index (κ2) is 5.94. The van der Waals surface area contributed by atoms with Crippen LogP contribution in [0.25, 0.3) is 0 Å². The van der Waals surface area contributed by atoms with E-state index in [1.54, 1.807) is 12.3 Å². The second-order valence-electron chi connectivity index (χ2n) is 4.20. The molecule has 0 radical (unpaired) electrons. The Balaban J connectivity index is 1.88. The number of aromatic nitrogens is 1. The van der Waals surface area contributed by atoms with Gasteiger partial charge in [-0.05, 0) is 12.1 Å². The summed E-state index contributed by atoms with van der Waals surface area (Å²) in [6.07, 6.45) is 2.50. The number of carbonyl (C=O) groups excluding carboxylic acids is 2. The van der Waals surface area contributed by atoms with Crippen LogP contribution in [-0.4, -0.2) is 28.5 Å². The van der Waals surface area contributed by atoms with Gasteiger partial charge >= 0.3 is 0 Å². The molecular formula is C12H14N2O3S2. The third-order valence-corrected chi connectivity index (χ3v) is 3.66. The maximum Gasteiger partial charge on any atom is 0.253 e. The molecule has 102 valence electrons. The van der Waals surface area contributed by atoms with Crippen LogP contribution in [0.1, 0.15) is 25.0 Å². The van der Waals surface area contributed by atoms with Crippen molar-refractivity contribution in [1.82, 2.24) is 10.0 Å². The molecule has 0 unspecified atom stereocenters. The van der Waals surface area contributed by atoms with Gasteiger partial charge in [0.15, 0.2) is 0 Å². The van der Waals surface area contributed by atoms with E-state index in [0.29, 0.717) is 12.1 Å². The largest absolute Gasteiger partial charge is 0.272 e. The van der Waals surface area contributed by atoms with E-state index in [2.05, 4.69) is 30.2 Å². The zero-order chi connectivity index (χ0) is 13.9. The normalized spacial score (nSPS) is 16.2. The van der Waals surface area contributed by atoms with Gasteiger partial charge in [0.05, 0.1) is 16.4 Å². The molecule has 0 spiro atoms. The molecule has 1 saturated heterocycles. The number of pyridine rings is 1. The first-order valence-electron chi connectivity index (χ1n) is 5.86. The molecule has 0 atom stereocenters. The van der Waals surface area contributed by atoms with Gasteiger partial charge in [0.2, 0.25) is 0 Å². The zero-order valence-corrected chi connectivity index (χ0v) is 11.9. The van der Waals surface area contributed by atoms with E-state index in [4.69, 9.17) is 4.84 Å². The molecule has 1 fully saturated rings. The lowest BCUT2D eigenvalue weighted by atomic mass is 10.2. The minimum absolute atomic E-state index is 0.168. The molecular weight excluding hydrogens is 284 g/mol. The van der Waals surface area contributed by atoms with Crippen molar-refractivity contribution < 1.29 is 14.4 Å². The molecule has 2 rings (SSSR count). The predicted molar refractivity (Wildman–Crippen MR) is 75.5 cm³/mol. The van der Waals surface area contributed by atoms with Crippen LogP contribution in [0.4, 0.5) is 0 Å². The van der Waals surface area contributed by atoms with Crippen molar-refractivity contribution in [3.8, 4) is 0 Å². The third-order valence-electron chi connectivity index (χ3n) is 2.75. The second-order valence-corrected chi connectivity index (χ2v) is 6.08. The van der Waals surface area contributed by atoms with Crippen molar-refractivity contribution in [3.05, 3.63) is 30.1 Å². The molecule has 0 aromatic carbocycles. The van der Waals surface area contributed by atoms with Crippen LogP contribution >= 0.6 is 25.3 Å². The zero-order valence-electron chi connectivity index (χ0n) is 10.2. The minimum Gasteiger partial charge on any atom is -0.272 e. The molecule has 1 aliphatic rings. The highest BCUT2D eigenvalue weighted by Crippen LogP contribution is 2.34. The van der Waals surface area contributed by atoms with E-state index < -0.39 is 4.08 Å². The Morgan fingerprint density at radius 2 is 1.95 bits per heavy atom. The quantitative estimate of drug-likeness (QED) is 0.492. The number of nitrogens with zero attached hydrogens (tertiary/aromatic N) is 2. The van der Waals surface area contributed by atoms with E-state index in [1.165, 1.54) is 0 Å². The first-order valence-corrected chi connectivity index (χ1v) is 6.75. The maximum absolute atomic E-state index is 11.3. The fourth-order valence-corrected chi connectivity index (χ4v) is 2.15. The summed E-state index contributed by atoms with van der Waals surface area (Å²) in [5.74, 6) is -0.599. The number of hydrogen-bond acceptors (Lipinski definition) is 6. The summed E-state index contributed by atoms with van der Waals surface area (Å²) in [6, 6.07) is 5.46. The van der Waals surface area contributed by atoms with Crippen LogP contribution in [0.5, 0.6) is 0 Å². The summed E-state index contributed by atoms with van der Waals surface area (Å²) in [7, 11) is 0. The van der Waals surface area contributed by atoms with Crippen LogP contribution in [0.3, 0.4) is 0 Å². The molecule has 0 saturated carbocycles. The lowest BCUT2D eigenvalue weighted by Gasteiger charge is -2.22. The Morgan fingerprint density at radius 1 is 1.26 bits per heavy atom. The maximum atomic E-state index is 11.3. The molecule has 5 nitrogen and oxygen atoms in total. The lowest BCUT2D eigenvalue weighted by Crippen LogP contribution is -2.30. The van der Waals surface area contributed by atoms with E-state index in [9.17, 15) is 9.59 Å². The SMILES string of the molecule is O=C1CCC(=O)N1OCCC(S)(S)c1ccccn1. The summed E-state index contributed by atoms with van der Waals surface area (Å²) in [5, 5.41) is 0.829. The van der Waals surface area contributed by atoms with Crippen LogP contribution < -0.4 is 0 Å². The monoisotopic (exact) mass is 298 g/mol. The first kappa shape index (κ1) is 14.4. The Kier molecular flexibility index (Phi) is 4.49. The van der Waals surface area contributed by atoms with Crippen molar-refractivity contribution in [2.75, 3.05) is 6.61 Å². The number of hydrogen-bond donors (Lipinski definition) is 2. The predicted octanol–water partition coefficient (Wildman–Crippen LogP) is 1.56. The fraction of sp³-hybridized carbons (Fsp3) is 0.417. The number of imide groups is 1. The Bertz CT molecular complexity index is 463. The lowest BCUT2D eigenvalue weighted by molar-refractivity contribution is -0.187. The first-order chi connectivity index (χ1) is 9.00. The average Bonchev–Trinajstić information content (AvgIpc) is 2.71. The summed E-state index contributed by atoms with van der Waals surface area (Å²) < 4.78 is -0.771. The van der Waals surface area contributed by atoms with Gasteiger partial charge in [0.25, 0.3) is 11.8 Å². The number of thiol groups is 2. The van der Waals surface area contributed by atoms with Gasteiger partial charge in [-0.25, -0.2) is 0 Å². The number of rotatable bonds is 5. The highest BCUT2D eigenvalue weighted by atomic mass is 32.2. The van der Waals surface area contributed by atoms with Crippen LogP contribution in [0.2, 0.25) is 0 Å². The molecule has 1 aromatic rings. The number of hydroxylamine groups is 2. The Morgan fingerprint density at radius 3 is 2.53 bits per heavy atom. The molecule has 0 bridgehead atoms. The van der Waals surface area contributed by atoms with Crippen LogP contribution in [0, 0.1) is 0 Å². The topological polar surface area (TPSA) is 59.5 Å². The van der Waals surface area contributed by atoms with Crippen molar-refractivity contribution in [2.45, 2.75) is 23.3 Å². The summed E-state index contributed by atoms with van der Waals surface area (Å²) >= 11 is 8.86. The third kappa shape index (κ3) is 3.49. The number of amides is 2. The molecule has 0 N–H and O–H groups in total. The summed E-state index contributed by atoms with van der Waals surface area (Å²) in [4.78, 5) is 32.0. The van der Waals surface area contributed by atoms with Gasteiger partial charge in [-0.3, -0.25) is 19.4 Å². The van der Waals surface area contributed by atoms with Gasteiger partial charge in [-0.2, -0.15) is 30.3 Å². The number of carbonyl (C=O) groups is 2. The highest BCUT2D eigenvalue weighted by Gasteiger charge is 2.31. The molecule has 1 aromatic heterocycles. The van der Waals surface area contributed by atoms with Gasteiger partial charge < -0.3 is 0 Å². The molecule has 7 heteroatoms. The summed E-state index contributed by atoms with van der Waals surface area (Å²) in [5.41, 5.74) is 0.698. The van der Waals surface area contributed by atoms with Gasteiger partial charge in [-0.15, -0.1) is 0 Å².